The molecule has 0 fully saturated rings. The molecule has 0 saturated carbocycles. The predicted molar refractivity (Wildman–Crippen MR) is 101 cm³/mol. The smallest absolute Gasteiger partial charge is 0.341 e. The summed E-state index contributed by atoms with van der Waals surface area (Å²) in [6.45, 7) is 1.95. The Morgan fingerprint density at radius 1 is 1.27 bits per heavy atom. The molecular weight excluding hydrogens is 374 g/mol. The summed E-state index contributed by atoms with van der Waals surface area (Å²) in [6.07, 6.45) is 0. The zero-order chi connectivity index (χ0) is 18.7. The normalized spacial score (nSPS) is 10.5. The zero-order valence-electron chi connectivity index (χ0n) is 14.0. The van der Waals surface area contributed by atoms with Crippen LogP contribution in [0.15, 0.2) is 39.8 Å². The molecular formula is C17H15N3O4S2. The highest BCUT2D eigenvalue weighted by molar-refractivity contribution is 7.17. The van der Waals surface area contributed by atoms with E-state index in [4.69, 9.17) is 4.74 Å². The van der Waals surface area contributed by atoms with Crippen LogP contribution < -0.4 is 10.9 Å². The number of carbonyl (C=O) groups excluding carboxylic acids is 2. The van der Waals surface area contributed by atoms with Crippen LogP contribution >= 0.6 is 22.7 Å². The molecule has 0 aliphatic carbocycles. The fraction of sp³-hybridized carbons (Fsp3) is 0.176. The number of aryl methyl sites for hydroxylation is 1. The highest BCUT2D eigenvalue weighted by atomic mass is 32.1. The molecule has 3 rings (SSSR count). The Labute approximate surface area is 156 Å². The average molecular weight is 389 g/mol. The van der Waals surface area contributed by atoms with Gasteiger partial charge in [-0.3, -0.25) is 9.59 Å². The number of nitrogens with one attached hydrogen (secondary N) is 1. The molecule has 0 atom stereocenters. The molecule has 3 aromatic heterocycles. The van der Waals surface area contributed by atoms with E-state index in [1.165, 1.54) is 41.9 Å². The second-order valence-corrected chi connectivity index (χ2v) is 7.01. The molecule has 0 aliphatic rings. The van der Waals surface area contributed by atoms with Crippen molar-refractivity contribution in [1.29, 1.82) is 0 Å². The molecule has 26 heavy (non-hydrogen) atoms. The van der Waals surface area contributed by atoms with Crippen LogP contribution in [0, 0.1) is 0 Å². The average Bonchev–Trinajstić information content (AvgIpc) is 3.26. The van der Waals surface area contributed by atoms with Crippen LogP contribution in [0.5, 0.6) is 0 Å². The summed E-state index contributed by atoms with van der Waals surface area (Å²) in [5.41, 5.74) is 0.794. The molecule has 0 saturated heterocycles. The molecule has 3 aromatic rings. The predicted octanol–water partition coefficient (Wildman–Crippen LogP) is 3.00. The first-order chi connectivity index (χ1) is 12.5. The summed E-state index contributed by atoms with van der Waals surface area (Å²) < 4.78 is 6.22. The molecule has 7 nitrogen and oxygen atoms in total. The van der Waals surface area contributed by atoms with Gasteiger partial charge >= 0.3 is 5.97 Å². The number of nitrogens with zero attached hydrogens (tertiary/aromatic N) is 2. The number of carbonyl (C=O) groups is 2. The Balaban J connectivity index is 1.96. The number of hydrogen-bond donors (Lipinski definition) is 1. The third-order valence-electron chi connectivity index (χ3n) is 3.48. The monoisotopic (exact) mass is 389 g/mol. The van der Waals surface area contributed by atoms with E-state index in [0.29, 0.717) is 16.1 Å². The SMILES string of the molecule is CCOC(=O)c1c(-c2cccs2)csc1NC(=O)c1ccc(=O)n(C)n1. The van der Waals surface area contributed by atoms with Crippen molar-refractivity contribution in [2.75, 3.05) is 11.9 Å². The second kappa shape index (κ2) is 7.63. The van der Waals surface area contributed by atoms with Crippen molar-refractivity contribution in [2.24, 2.45) is 7.05 Å². The first kappa shape index (κ1) is 18.0. The largest absolute Gasteiger partial charge is 0.462 e. The number of hydrogen-bond acceptors (Lipinski definition) is 7. The lowest BCUT2D eigenvalue weighted by Crippen LogP contribution is -2.23. The van der Waals surface area contributed by atoms with E-state index >= 15 is 0 Å². The minimum absolute atomic E-state index is 0.0768. The highest BCUT2D eigenvalue weighted by Crippen LogP contribution is 2.38. The first-order valence-electron chi connectivity index (χ1n) is 7.69. The third-order valence-corrected chi connectivity index (χ3v) is 5.28. The van der Waals surface area contributed by atoms with Crippen molar-refractivity contribution < 1.29 is 14.3 Å². The Kier molecular flexibility index (Phi) is 5.29. The van der Waals surface area contributed by atoms with Gasteiger partial charge in [-0.25, -0.2) is 9.48 Å². The summed E-state index contributed by atoms with van der Waals surface area (Å²) in [7, 11) is 1.46. The minimum atomic E-state index is -0.509. The van der Waals surface area contributed by atoms with Crippen molar-refractivity contribution in [3.05, 3.63) is 56.6 Å². The standard InChI is InChI=1S/C17H15N3O4S2/c1-3-24-17(23)14-10(12-5-4-8-25-12)9-26-16(14)18-15(22)11-6-7-13(21)20(2)19-11/h4-9H,3H2,1-2H3,(H,18,22). The van der Waals surface area contributed by atoms with Crippen LogP contribution in [0.4, 0.5) is 5.00 Å². The summed E-state index contributed by atoms with van der Waals surface area (Å²) in [5, 5.41) is 10.7. The lowest BCUT2D eigenvalue weighted by molar-refractivity contribution is 0.0529. The quantitative estimate of drug-likeness (QED) is 0.678. The van der Waals surface area contributed by atoms with Crippen LogP contribution in [0.1, 0.15) is 27.8 Å². The summed E-state index contributed by atoms with van der Waals surface area (Å²) in [6, 6.07) is 6.39. The second-order valence-electron chi connectivity index (χ2n) is 5.19. The lowest BCUT2D eigenvalue weighted by atomic mass is 10.1. The van der Waals surface area contributed by atoms with Crippen molar-refractivity contribution in [3.63, 3.8) is 0 Å². The van der Waals surface area contributed by atoms with Gasteiger partial charge in [0.25, 0.3) is 11.5 Å². The van der Waals surface area contributed by atoms with Crippen LogP contribution in [0.25, 0.3) is 10.4 Å². The van der Waals surface area contributed by atoms with Gasteiger partial charge in [0.15, 0.2) is 0 Å². The molecule has 0 bridgehead atoms. The fourth-order valence-corrected chi connectivity index (χ4v) is 4.03. The first-order valence-corrected chi connectivity index (χ1v) is 9.45. The number of aromatic nitrogens is 2. The van der Waals surface area contributed by atoms with Crippen molar-refractivity contribution in [1.82, 2.24) is 9.78 Å². The molecule has 0 aromatic carbocycles. The molecule has 134 valence electrons. The molecule has 0 aliphatic heterocycles. The summed E-state index contributed by atoms with van der Waals surface area (Å²) in [5.74, 6) is -1.01. The maximum atomic E-state index is 12.5. The van der Waals surface area contributed by atoms with E-state index in [2.05, 4.69) is 10.4 Å². The van der Waals surface area contributed by atoms with Gasteiger partial charge in [-0.2, -0.15) is 5.10 Å². The van der Waals surface area contributed by atoms with Gasteiger partial charge in [0.2, 0.25) is 0 Å². The van der Waals surface area contributed by atoms with E-state index in [1.807, 2.05) is 22.9 Å². The van der Waals surface area contributed by atoms with E-state index in [-0.39, 0.29) is 17.9 Å². The topological polar surface area (TPSA) is 90.3 Å². The molecule has 0 spiro atoms. The Hall–Kier alpha value is -2.78. The number of rotatable bonds is 5. The van der Waals surface area contributed by atoms with Gasteiger partial charge in [-0.1, -0.05) is 6.07 Å². The van der Waals surface area contributed by atoms with Crippen molar-refractivity contribution in [3.8, 4) is 10.4 Å². The number of amides is 1. The maximum absolute atomic E-state index is 12.5. The van der Waals surface area contributed by atoms with Gasteiger partial charge in [0.05, 0.1) is 6.61 Å². The minimum Gasteiger partial charge on any atom is -0.462 e. The van der Waals surface area contributed by atoms with Crippen LogP contribution in [0.3, 0.4) is 0 Å². The fourth-order valence-electron chi connectivity index (χ4n) is 2.26. The van der Waals surface area contributed by atoms with Gasteiger partial charge in [-0.05, 0) is 24.4 Å². The molecule has 1 amide bonds. The summed E-state index contributed by atoms with van der Waals surface area (Å²) >= 11 is 2.73. The maximum Gasteiger partial charge on any atom is 0.341 e. The number of anilines is 1. The Morgan fingerprint density at radius 2 is 2.08 bits per heavy atom. The van der Waals surface area contributed by atoms with Gasteiger partial charge < -0.3 is 10.1 Å². The number of thiophene rings is 2. The van der Waals surface area contributed by atoms with Gasteiger partial charge in [0, 0.05) is 28.9 Å². The molecule has 3 heterocycles. The molecule has 1 N–H and O–H groups in total. The molecule has 9 heteroatoms. The highest BCUT2D eigenvalue weighted by Gasteiger charge is 2.24. The van der Waals surface area contributed by atoms with Crippen LogP contribution in [-0.2, 0) is 11.8 Å². The Morgan fingerprint density at radius 3 is 2.73 bits per heavy atom. The lowest BCUT2D eigenvalue weighted by Gasteiger charge is -2.08. The van der Waals surface area contributed by atoms with Crippen LogP contribution in [0.2, 0.25) is 0 Å². The van der Waals surface area contributed by atoms with Gasteiger partial charge in [0.1, 0.15) is 16.3 Å². The van der Waals surface area contributed by atoms with E-state index < -0.39 is 11.9 Å². The van der Waals surface area contributed by atoms with Crippen molar-refractivity contribution in [2.45, 2.75) is 6.92 Å². The summed E-state index contributed by atoms with van der Waals surface area (Å²) in [4.78, 5) is 37.2. The van der Waals surface area contributed by atoms with Crippen molar-refractivity contribution >= 4 is 39.6 Å². The Bertz CT molecular complexity index is 1010. The number of esters is 1. The van der Waals surface area contributed by atoms with E-state index in [0.717, 1.165) is 9.56 Å². The molecule has 0 radical (unpaired) electrons. The zero-order valence-corrected chi connectivity index (χ0v) is 15.6. The number of ether oxygens (including phenoxy) is 1. The third kappa shape index (κ3) is 3.58. The van der Waals surface area contributed by atoms with E-state index in [9.17, 15) is 14.4 Å². The van der Waals surface area contributed by atoms with E-state index in [1.54, 1.807) is 6.92 Å². The van der Waals surface area contributed by atoms with Gasteiger partial charge in [-0.15, -0.1) is 22.7 Å². The molecule has 0 unspecified atom stereocenters. The van der Waals surface area contributed by atoms with Crippen LogP contribution in [-0.4, -0.2) is 28.3 Å².